The van der Waals surface area contributed by atoms with Crippen molar-refractivity contribution in [1.82, 2.24) is 4.90 Å². The Morgan fingerprint density at radius 3 is 2.44 bits per heavy atom. The third-order valence-electron chi connectivity index (χ3n) is 7.96. The number of carbonyl (C=O) groups excluding carboxylic acids is 1. The van der Waals surface area contributed by atoms with Crippen LogP contribution < -0.4 is 0 Å². The van der Waals surface area contributed by atoms with E-state index in [9.17, 15) is 9.90 Å². The van der Waals surface area contributed by atoms with Crippen molar-refractivity contribution in [2.45, 2.75) is 71.8 Å². The molecule has 1 amide bonds. The van der Waals surface area contributed by atoms with E-state index in [1.54, 1.807) is 19.0 Å². The molecule has 3 heteroatoms. The minimum atomic E-state index is -0.639. The second-order valence-electron chi connectivity index (χ2n) is 9.71. The van der Waals surface area contributed by atoms with Gasteiger partial charge in [0, 0.05) is 14.1 Å². The lowest BCUT2D eigenvalue weighted by atomic mass is 9.60. The molecule has 142 valence electrons. The number of carbonyl (C=O) groups is 1. The zero-order valence-corrected chi connectivity index (χ0v) is 16.8. The van der Waals surface area contributed by atoms with Crippen LogP contribution in [0, 0.1) is 34.5 Å². The topological polar surface area (TPSA) is 40.5 Å². The summed E-state index contributed by atoms with van der Waals surface area (Å²) in [4.78, 5) is 14.0. The van der Waals surface area contributed by atoms with Crippen molar-refractivity contribution in [2.75, 3.05) is 14.1 Å². The van der Waals surface area contributed by atoms with Crippen molar-refractivity contribution in [1.29, 1.82) is 0 Å². The average Bonchev–Trinajstić information content (AvgIpc) is 3.29. The molecule has 25 heavy (non-hydrogen) atoms. The van der Waals surface area contributed by atoms with Crippen LogP contribution in [0.5, 0.6) is 0 Å². The number of amides is 1. The minimum absolute atomic E-state index is 0.0753. The van der Waals surface area contributed by atoms with Crippen molar-refractivity contribution in [3.8, 4) is 0 Å². The molecule has 3 aliphatic rings. The highest BCUT2D eigenvalue weighted by atomic mass is 16.3. The van der Waals surface area contributed by atoms with Gasteiger partial charge in [0.1, 0.15) is 0 Å². The molecule has 1 N–H and O–H groups in total. The van der Waals surface area contributed by atoms with Crippen LogP contribution in [-0.4, -0.2) is 36.1 Å². The fourth-order valence-electron chi connectivity index (χ4n) is 6.28. The van der Waals surface area contributed by atoms with Crippen molar-refractivity contribution in [3.63, 3.8) is 0 Å². The van der Waals surface area contributed by atoms with E-state index in [4.69, 9.17) is 0 Å². The second kappa shape index (κ2) is 6.72. The number of fused-ring (bicyclic) bond motifs is 1. The summed E-state index contributed by atoms with van der Waals surface area (Å²) in [6.07, 6.45) is 11.9. The number of hydrogen-bond acceptors (Lipinski definition) is 2. The molecule has 0 aromatic heterocycles. The normalized spacial score (nSPS) is 39.0. The van der Waals surface area contributed by atoms with E-state index in [0.29, 0.717) is 17.3 Å². The predicted octanol–water partition coefficient (Wildman–Crippen LogP) is 4.26. The Balaban J connectivity index is 1.67. The third kappa shape index (κ3) is 3.18. The number of nitrogens with zero attached hydrogens (tertiary/aromatic N) is 1. The lowest BCUT2D eigenvalue weighted by Crippen LogP contribution is -2.39. The van der Waals surface area contributed by atoms with Gasteiger partial charge in [-0.25, -0.2) is 0 Å². The largest absolute Gasteiger partial charge is 0.388 e. The van der Waals surface area contributed by atoms with E-state index in [-0.39, 0.29) is 5.91 Å². The maximum atomic E-state index is 12.4. The fourth-order valence-corrected chi connectivity index (χ4v) is 6.28. The Morgan fingerprint density at radius 1 is 1.16 bits per heavy atom. The summed E-state index contributed by atoms with van der Waals surface area (Å²) in [5.74, 6) is 2.99. The van der Waals surface area contributed by atoms with E-state index >= 15 is 0 Å². The van der Waals surface area contributed by atoms with Crippen molar-refractivity contribution < 1.29 is 9.90 Å². The molecule has 3 aliphatic carbocycles. The molecule has 0 aliphatic heterocycles. The standard InChI is InChI=1S/C22H37NO2/c1-15-7-6-12-21(3)17(15)9-10-18(21)16(2)8-11-19(24)22(13-14-22)20(25)23(4)5/h8,11,15-19,24H,6-7,9-10,12-14H2,1-5H3/b11-8+. The Labute approximate surface area is 153 Å². The van der Waals surface area contributed by atoms with Gasteiger partial charge in [0.05, 0.1) is 11.5 Å². The van der Waals surface area contributed by atoms with Gasteiger partial charge in [0.15, 0.2) is 0 Å². The van der Waals surface area contributed by atoms with Gasteiger partial charge < -0.3 is 10.0 Å². The fraction of sp³-hybridized carbons (Fsp3) is 0.864. The summed E-state index contributed by atoms with van der Waals surface area (Å²) in [5.41, 5.74) is -0.0791. The lowest BCUT2D eigenvalue weighted by molar-refractivity contribution is -0.137. The molecule has 0 saturated heterocycles. The highest BCUT2D eigenvalue weighted by molar-refractivity contribution is 5.86. The quantitative estimate of drug-likeness (QED) is 0.755. The molecular weight excluding hydrogens is 310 g/mol. The van der Waals surface area contributed by atoms with Crippen molar-refractivity contribution in [3.05, 3.63) is 12.2 Å². The number of allylic oxidation sites excluding steroid dienone is 1. The molecule has 0 aromatic carbocycles. The van der Waals surface area contributed by atoms with Gasteiger partial charge in [-0.3, -0.25) is 4.79 Å². The lowest BCUT2D eigenvalue weighted by Gasteiger charge is -2.45. The van der Waals surface area contributed by atoms with Gasteiger partial charge in [0.25, 0.3) is 0 Å². The van der Waals surface area contributed by atoms with Crippen LogP contribution in [0.4, 0.5) is 0 Å². The smallest absolute Gasteiger partial charge is 0.231 e. The second-order valence-corrected chi connectivity index (χ2v) is 9.71. The maximum Gasteiger partial charge on any atom is 0.231 e. The molecule has 0 spiro atoms. The molecule has 6 unspecified atom stereocenters. The highest BCUT2D eigenvalue weighted by Gasteiger charge is 2.55. The zero-order valence-electron chi connectivity index (χ0n) is 16.8. The number of hydrogen-bond donors (Lipinski definition) is 1. The Kier molecular flexibility index (Phi) is 5.09. The number of rotatable bonds is 5. The molecule has 0 aromatic rings. The van der Waals surface area contributed by atoms with Crippen LogP contribution in [0.2, 0.25) is 0 Å². The summed E-state index contributed by atoms with van der Waals surface area (Å²) in [7, 11) is 3.57. The van der Waals surface area contributed by atoms with E-state index < -0.39 is 11.5 Å². The van der Waals surface area contributed by atoms with Gasteiger partial charge >= 0.3 is 0 Å². The van der Waals surface area contributed by atoms with Crippen LogP contribution in [0.15, 0.2) is 12.2 Å². The zero-order chi connectivity index (χ0) is 18.4. The van der Waals surface area contributed by atoms with Crippen molar-refractivity contribution in [2.24, 2.45) is 34.5 Å². The van der Waals surface area contributed by atoms with E-state index in [1.807, 2.05) is 6.08 Å². The van der Waals surface area contributed by atoms with Crippen LogP contribution in [0.25, 0.3) is 0 Å². The van der Waals surface area contributed by atoms with Crippen LogP contribution in [-0.2, 0) is 4.79 Å². The molecule has 3 saturated carbocycles. The van der Waals surface area contributed by atoms with Gasteiger partial charge in [-0.1, -0.05) is 45.8 Å². The molecule has 0 bridgehead atoms. The summed E-state index contributed by atoms with van der Waals surface area (Å²) in [6.45, 7) is 7.27. The van der Waals surface area contributed by atoms with E-state index in [2.05, 4.69) is 26.8 Å². The Hall–Kier alpha value is -0.830. The molecule has 6 atom stereocenters. The third-order valence-corrected chi connectivity index (χ3v) is 7.96. The highest BCUT2D eigenvalue weighted by Crippen LogP contribution is 2.59. The van der Waals surface area contributed by atoms with E-state index in [1.165, 1.54) is 32.1 Å². The minimum Gasteiger partial charge on any atom is -0.388 e. The number of aliphatic hydroxyl groups excluding tert-OH is 1. The van der Waals surface area contributed by atoms with Gasteiger partial charge in [0.2, 0.25) is 5.91 Å². The molecule has 3 nitrogen and oxygen atoms in total. The first-order valence-electron chi connectivity index (χ1n) is 10.3. The molecule has 0 radical (unpaired) electrons. The molecule has 3 rings (SSSR count). The van der Waals surface area contributed by atoms with Gasteiger partial charge in [-0.05, 0) is 61.2 Å². The van der Waals surface area contributed by atoms with E-state index in [0.717, 1.165) is 24.7 Å². The maximum absolute atomic E-state index is 12.4. The first-order chi connectivity index (χ1) is 11.7. The summed E-state index contributed by atoms with van der Waals surface area (Å²) >= 11 is 0. The molecule has 3 fully saturated rings. The Bertz CT molecular complexity index is 536. The number of aliphatic hydroxyl groups is 1. The summed E-state index contributed by atoms with van der Waals surface area (Å²) in [5, 5.41) is 10.7. The SMILES string of the molecule is CC(/C=C/C(O)C1(C(=O)N(C)C)CC1)C1CCC2C(C)CCCC12C. The predicted molar refractivity (Wildman–Crippen MR) is 102 cm³/mol. The first-order valence-corrected chi connectivity index (χ1v) is 10.3. The van der Waals surface area contributed by atoms with Gasteiger partial charge in [-0.2, -0.15) is 0 Å². The molecule has 0 heterocycles. The van der Waals surface area contributed by atoms with Crippen LogP contribution in [0.1, 0.15) is 65.7 Å². The monoisotopic (exact) mass is 347 g/mol. The van der Waals surface area contributed by atoms with Crippen molar-refractivity contribution >= 4 is 5.91 Å². The first kappa shape index (κ1) is 18.9. The Morgan fingerprint density at radius 2 is 1.84 bits per heavy atom. The van der Waals surface area contributed by atoms with Crippen LogP contribution >= 0.6 is 0 Å². The van der Waals surface area contributed by atoms with Gasteiger partial charge in [-0.15, -0.1) is 0 Å². The molecular formula is C22H37NO2. The summed E-state index contributed by atoms with van der Waals surface area (Å²) < 4.78 is 0. The average molecular weight is 348 g/mol. The summed E-state index contributed by atoms with van der Waals surface area (Å²) in [6, 6.07) is 0. The van der Waals surface area contributed by atoms with Crippen LogP contribution in [0.3, 0.4) is 0 Å².